The van der Waals surface area contributed by atoms with Crippen LogP contribution in [0.25, 0.3) is 0 Å². The first-order valence-corrected chi connectivity index (χ1v) is 7.19. The standard InChI is InChI=1S/C18H21FO3/c1-13(10-15-6-7-16(19)11-18(15)21-3)22-12-14-4-8-17(20-2)9-5-14/h4-9,11,13H,10,12H2,1-3H3. The largest absolute Gasteiger partial charge is 0.497 e. The van der Waals surface area contributed by atoms with Gasteiger partial charge in [-0.3, -0.25) is 0 Å². The SMILES string of the molecule is COc1ccc(COC(C)Cc2ccc(F)cc2OC)cc1. The Morgan fingerprint density at radius 1 is 1.00 bits per heavy atom. The van der Waals surface area contributed by atoms with E-state index in [1.54, 1.807) is 20.3 Å². The Morgan fingerprint density at radius 3 is 2.36 bits per heavy atom. The molecule has 0 amide bonds. The summed E-state index contributed by atoms with van der Waals surface area (Å²) in [5.74, 6) is 1.08. The van der Waals surface area contributed by atoms with Crippen molar-refractivity contribution < 1.29 is 18.6 Å². The van der Waals surface area contributed by atoms with Gasteiger partial charge in [-0.1, -0.05) is 18.2 Å². The number of halogens is 1. The summed E-state index contributed by atoms with van der Waals surface area (Å²) >= 11 is 0. The highest BCUT2D eigenvalue weighted by atomic mass is 19.1. The lowest BCUT2D eigenvalue weighted by atomic mass is 10.1. The molecule has 0 aromatic heterocycles. The maximum atomic E-state index is 13.2. The second-order valence-corrected chi connectivity index (χ2v) is 5.13. The molecule has 0 saturated carbocycles. The molecule has 0 aliphatic carbocycles. The van der Waals surface area contributed by atoms with Gasteiger partial charge >= 0.3 is 0 Å². The first kappa shape index (κ1) is 16.3. The molecule has 2 aromatic rings. The summed E-state index contributed by atoms with van der Waals surface area (Å²) in [4.78, 5) is 0. The van der Waals surface area contributed by atoms with Gasteiger partial charge in [-0.2, -0.15) is 0 Å². The van der Waals surface area contributed by atoms with E-state index in [9.17, 15) is 4.39 Å². The fourth-order valence-electron chi connectivity index (χ4n) is 2.22. The van der Waals surface area contributed by atoms with E-state index in [1.165, 1.54) is 12.1 Å². The maximum Gasteiger partial charge on any atom is 0.126 e. The summed E-state index contributed by atoms with van der Waals surface area (Å²) < 4.78 is 29.4. The van der Waals surface area contributed by atoms with E-state index in [4.69, 9.17) is 14.2 Å². The van der Waals surface area contributed by atoms with Crippen LogP contribution in [0.15, 0.2) is 42.5 Å². The van der Waals surface area contributed by atoms with Crippen LogP contribution >= 0.6 is 0 Å². The third-order valence-electron chi connectivity index (χ3n) is 3.45. The second kappa shape index (κ2) is 7.80. The molecule has 0 bridgehead atoms. The zero-order chi connectivity index (χ0) is 15.9. The predicted octanol–water partition coefficient (Wildman–Crippen LogP) is 3.99. The van der Waals surface area contributed by atoms with E-state index in [0.29, 0.717) is 18.8 Å². The zero-order valence-electron chi connectivity index (χ0n) is 13.1. The van der Waals surface area contributed by atoms with Crippen molar-refractivity contribution in [2.45, 2.75) is 26.1 Å². The highest BCUT2D eigenvalue weighted by Crippen LogP contribution is 2.22. The van der Waals surface area contributed by atoms with E-state index >= 15 is 0 Å². The highest BCUT2D eigenvalue weighted by Gasteiger charge is 2.10. The molecule has 4 heteroatoms. The monoisotopic (exact) mass is 304 g/mol. The molecule has 2 rings (SSSR count). The lowest BCUT2D eigenvalue weighted by Gasteiger charge is -2.15. The van der Waals surface area contributed by atoms with Crippen molar-refractivity contribution in [2.75, 3.05) is 14.2 Å². The van der Waals surface area contributed by atoms with Gasteiger partial charge < -0.3 is 14.2 Å². The van der Waals surface area contributed by atoms with Gasteiger partial charge in [0, 0.05) is 12.5 Å². The smallest absolute Gasteiger partial charge is 0.126 e. The second-order valence-electron chi connectivity index (χ2n) is 5.13. The van der Waals surface area contributed by atoms with Crippen LogP contribution in [0.5, 0.6) is 11.5 Å². The van der Waals surface area contributed by atoms with Crippen LogP contribution < -0.4 is 9.47 Å². The summed E-state index contributed by atoms with van der Waals surface area (Å²) in [6.45, 7) is 2.51. The molecule has 3 nitrogen and oxygen atoms in total. The zero-order valence-corrected chi connectivity index (χ0v) is 13.1. The first-order chi connectivity index (χ1) is 10.6. The Labute approximate surface area is 130 Å². The molecule has 0 heterocycles. The minimum absolute atomic E-state index is 0.00135. The molecule has 0 saturated heterocycles. The first-order valence-electron chi connectivity index (χ1n) is 7.19. The number of benzene rings is 2. The molecular formula is C18H21FO3. The molecule has 0 spiro atoms. The molecule has 0 radical (unpaired) electrons. The van der Waals surface area contributed by atoms with Crippen molar-refractivity contribution in [1.29, 1.82) is 0 Å². The van der Waals surface area contributed by atoms with Crippen LogP contribution in [0.4, 0.5) is 4.39 Å². The number of hydrogen-bond acceptors (Lipinski definition) is 3. The fraction of sp³-hybridized carbons (Fsp3) is 0.333. The van der Waals surface area contributed by atoms with Crippen molar-refractivity contribution >= 4 is 0 Å². The molecule has 1 atom stereocenters. The average Bonchev–Trinajstić information content (AvgIpc) is 2.55. The van der Waals surface area contributed by atoms with Crippen LogP contribution in [0.1, 0.15) is 18.1 Å². The summed E-state index contributed by atoms with van der Waals surface area (Å²) in [5, 5.41) is 0. The van der Waals surface area contributed by atoms with Crippen molar-refractivity contribution in [3.05, 3.63) is 59.4 Å². The molecule has 22 heavy (non-hydrogen) atoms. The molecule has 0 fully saturated rings. The number of rotatable bonds is 7. The van der Waals surface area contributed by atoms with Gasteiger partial charge in [0.15, 0.2) is 0 Å². The Kier molecular flexibility index (Phi) is 5.78. The Morgan fingerprint density at radius 2 is 1.73 bits per heavy atom. The summed E-state index contributed by atoms with van der Waals surface area (Å²) in [6.07, 6.45) is 0.668. The van der Waals surface area contributed by atoms with Crippen LogP contribution in [0.3, 0.4) is 0 Å². The minimum Gasteiger partial charge on any atom is -0.497 e. The lowest BCUT2D eigenvalue weighted by Crippen LogP contribution is -2.12. The van der Waals surface area contributed by atoms with Crippen LogP contribution in [-0.2, 0) is 17.8 Å². The van der Waals surface area contributed by atoms with Crippen LogP contribution in [-0.4, -0.2) is 20.3 Å². The summed E-state index contributed by atoms with van der Waals surface area (Å²) in [7, 11) is 3.19. The summed E-state index contributed by atoms with van der Waals surface area (Å²) in [5.41, 5.74) is 2.02. The predicted molar refractivity (Wildman–Crippen MR) is 83.9 cm³/mol. The van der Waals surface area contributed by atoms with Crippen molar-refractivity contribution in [3.63, 3.8) is 0 Å². The summed E-state index contributed by atoms with van der Waals surface area (Å²) in [6, 6.07) is 12.3. The van der Waals surface area contributed by atoms with E-state index in [2.05, 4.69) is 0 Å². The Balaban J connectivity index is 1.91. The van der Waals surface area contributed by atoms with Gasteiger partial charge in [-0.15, -0.1) is 0 Å². The molecule has 2 aromatic carbocycles. The highest BCUT2D eigenvalue weighted by molar-refractivity contribution is 5.34. The van der Waals surface area contributed by atoms with Crippen molar-refractivity contribution in [2.24, 2.45) is 0 Å². The van der Waals surface area contributed by atoms with Crippen LogP contribution in [0.2, 0.25) is 0 Å². The van der Waals surface area contributed by atoms with Crippen LogP contribution in [0, 0.1) is 5.82 Å². The Hall–Kier alpha value is -2.07. The number of methoxy groups -OCH3 is 2. The van der Waals surface area contributed by atoms with Gasteiger partial charge in [0.2, 0.25) is 0 Å². The normalized spacial score (nSPS) is 12.0. The fourth-order valence-corrected chi connectivity index (χ4v) is 2.22. The molecule has 1 unspecified atom stereocenters. The van der Waals surface area contributed by atoms with Gasteiger partial charge in [-0.05, 0) is 36.2 Å². The van der Waals surface area contributed by atoms with Gasteiger partial charge in [-0.25, -0.2) is 4.39 Å². The van der Waals surface area contributed by atoms with Gasteiger partial charge in [0.05, 0.1) is 26.9 Å². The van der Waals surface area contributed by atoms with E-state index < -0.39 is 0 Å². The maximum absolute atomic E-state index is 13.2. The van der Waals surface area contributed by atoms with Crippen molar-refractivity contribution in [3.8, 4) is 11.5 Å². The third-order valence-corrected chi connectivity index (χ3v) is 3.45. The molecule has 0 aliphatic heterocycles. The Bertz CT molecular complexity index is 596. The van der Waals surface area contributed by atoms with E-state index in [-0.39, 0.29) is 11.9 Å². The molecule has 118 valence electrons. The minimum atomic E-state index is -0.299. The topological polar surface area (TPSA) is 27.7 Å². The van der Waals surface area contributed by atoms with E-state index in [1.807, 2.05) is 31.2 Å². The molecule has 0 aliphatic rings. The van der Waals surface area contributed by atoms with Gasteiger partial charge in [0.1, 0.15) is 17.3 Å². The number of hydrogen-bond donors (Lipinski definition) is 0. The quantitative estimate of drug-likeness (QED) is 0.774. The third kappa shape index (κ3) is 4.46. The van der Waals surface area contributed by atoms with E-state index in [0.717, 1.165) is 16.9 Å². The molecular weight excluding hydrogens is 283 g/mol. The lowest BCUT2D eigenvalue weighted by molar-refractivity contribution is 0.0531. The van der Waals surface area contributed by atoms with Crippen molar-refractivity contribution in [1.82, 2.24) is 0 Å². The van der Waals surface area contributed by atoms with Gasteiger partial charge in [0.25, 0.3) is 0 Å². The molecule has 0 N–H and O–H groups in total. The number of ether oxygens (including phenoxy) is 3. The average molecular weight is 304 g/mol.